The van der Waals surface area contributed by atoms with Crippen molar-refractivity contribution in [2.24, 2.45) is 0 Å². The third kappa shape index (κ3) is 2.66. The Balaban J connectivity index is 2.32. The Morgan fingerprint density at radius 3 is 2.95 bits per heavy atom. The zero-order valence-electron chi connectivity index (χ0n) is 9.99. The minimum absolute atomic E-state index is 0.0923. The molecule has 1 unspecified atom stereocenters. The number of benzene rings is 1. The lowest BCUT2D eigenvalue weighted by Gasteiger charge is -2.12. The monoisotopic (exact) mass is 258 g/mol. The summed E-state index contributed by atoms with van der Waals surface area (Å²) in [5, 5.41) is 29.1. The van der Waals surface area contributed by atoms with Crippen LogP contribution in [0.5, 0.6) is 0 Å². The molecular weight excluding hydrogens is 248 g/mol. The second-order valence-electron chi connectivity index (χ2n) is 3.84. The normalized spacial score (nSPS) is 11.6. The van der Waals surface area contributed by atoms with E-state index in [1.165, 1.54) is 24.5 Å². The summed E-state index contributed by atoms with van der Waals surface area (Å²) in [6.45, 7) is 1.78. The maximum absolute atomic E-state index is 10.9. The van der Waals surface area contributed by atoms with E-state index >= 15 is 0 Å². The van der Waals surface area contributed by atoms with Crippen molar-refractivity contribution >= 4 is 11.4 Å². The van der Waals surface area contributed by atoms with Crippen molar-refractivity contribution in [2.75, 3.05) is 5.32 Å². The van der Waals surface area contributed by atoms with Crippen LogP contribution < -0.4 is 5.32 Å². The van der Waals surface area contributed by atoms with E-state index in [4.69, 9.17) is 5.26 Å². The highest BCUT2D eigenvalue weighted by Gasteiger charge is 2.17. The van der Waals surface area contributed by atoms with Crippen LogP contribution in [0.1, 0.15) is 24.4 Å². The summed E-state index contributed by atoms with van der Waals surface area (Å²) in [6, 6.07) is 5.79. The predicted octanol–water partition coefficient (Wildman–Crippen LogP) is 1.76. The summed E-state index contributed by atoms with van der Waals surface area (Å²) < 4.78 is 0. The average molecular weight is 258 g/mol. The lowest BCUT2D eigenvalue weighted by Crippen LogP contribution is -2.10. The van der Waals surface area contributed by atoms with Gasteiger partial charge in [0.25, 0.3) is 5.69 Å². The summed E-state index contributed by atoms with van der Waals surface area (Å²) in [5.41, 5.74) is 0.524. The summed E-state index contributed by atoms with van der Waals surface area (Å²) in [7, 11) is 0. The van der Waals surface area contributed by atoms with Gasteiger partial charge in [-0.2, -0.15) is 10.4 Å². The minimum atomic E-state index is -0.503. The van der Waals surface area contributed by atoms with Gasteiger partial charge in [-0.1, -0.05) is 0 Å². The number of nitrogens with one attached hydrogen (secondary N) is 2. The van der Waals surface area contributed by atoms with Gasteiger partial charge in [-0.15, -0.1) is 0 Å². The molecule has 2 rings (SSSR count). The topological polar surface area (TPSA) is 121 Å². The number of H-pyrrole nitrogens is 1. The van der Waals surface area contributed by atoms with Gasteiger partial charge in [0, 0.05) is 6.07 Å². The van der Waals surface area contributed by atoms with Crippen molar-refractivity contribution in [3.8, 4) is 6.07 Å². The van der Waals surface area contributed by atoms with E-state index in [9.17, 15) is 10.1 Å². The molecule has 0 aliphatic heterocycles. The van der Waals surface area contributed by atoms with E-state index in [0.29, 0.717) is 11.4 Å². The number of aromatic nitrogens is 3. The number of hydrogen-bond acceptors (Lipinski definition) is 6. The Labute approximate surface area is 108 Å². The van der Waals surface area contributed by atoms with Crippen LogP contribution in [-0.4, -0.2) is 20.1 Å². The van der Waals surface area contributed by atoms with Gasteiger partial charge in [0.2, 0.25) is 0 Å². The number of anilines is 1. The second kappa shape index (κ2) is 5.14. The second-order valence-corrected chi connectivity index (χ2v) is 3.84. The zero-order valence-corrected chi connectivity index (χ0v) is 9.99. The van der Waals surface area contributed by atoms with Gasteiger partial charge >= 0.3 is 0 Å². The van der Waals surface area contributed by atoms with Crippen LogP contribution >= 0.6 is 0 Å². The number of hydrogen-bond donors (Lipinski definition) is 2. The Bertz CT molecular complexity index is 631. The smallest absolute Gasteiger partial charge is 0.292 e. The number of aromatic amines is 1. The van der Waals surface area contributed by atoms with Crippen molar-refractivity contribution < 1.29 is 4.92 Å². The van der Waals surface area contributed by atoms with Crippen molar-refractivity contribution in [3.05, 3.63) is 46.0 Å². The Kier molecular flexibility index (Phi) is 3.38. The van der Waals surface area contributed by atoms with E-state index in [2.05, 4.69) is 20.5 Å². The maximum Gasteiger partial charge on any atom is 0.292 e. The quantitative estimate of drug-likeness (QED) is 0.636. The first-order chi connectivity index (χ1) is 9.11. The highest BCUT2D eigenvalue weighted by molar-refractivity contribution is 5.64. The highest BCUT2D eigenvalue weighted by atomic mass is 16.6. The molecule has 0 radical (unpaired) electrons. The molecule has 1 aromatic carbocycles. The zero-order chi connectivity index (χ0) is 13.8. The Morgan fingerprint density at radius 1 is 1.58 bits per heavy atom. The SMILES string of the molecule is CC(Nc1cc(C#N)ccc1[N+](=O)[O-])c1ncn[nH]1. The van der Waals surface area contributed by atoms with Gasteiger partial charge in [0.1, 0.15) is 17.8 Å². The predicted molar refractivity (Wildman–Crippen MR) is 66.2 cm³/mol. The molecule has 0 bridgehead atoms. The minimum Gasteiger partial charge on any atom is -0.370 e. The molecule has 0 spiro atoms. The fourth-order valence-electron chi connectivity index (χ4n) is 1.61. The van der Waals surface area contributed by atoms with Crippen LogP contribution in [0.3, 0.4) is 0 Å². The van der Waals surface area contributed by atoms with Gasteiger partial charge in [-0.05, 0) is 19.1 Å². The molecule has 8 heteroatoms. The molecule has 0 saturated carbocycles. The first-order valence-corrected chi connectivity index (χ1v) is 5.42. The van der Waals surface area contributed by atoms with E-state index < -0.39 is 4.92 Å². The van der Waals surface area contributed by atoms with Gasteiger partial charge in [0.15, 0.2) is 0 Å². The van der Waals surface area contributed by atoms with Gasteiger partial charge in [-0.3, -0.25) is 15.2 Å². The third-order valence-electron chi connectivity index (χ3n) is 2.54. The number of nitro benzene ring substituents is 1. The highest BCUT2D eigenvalue weighted by Crippen LogP contribution is 2.28. The third-order valence-corrected chi connectivity index (χ3v) is 2.54. The summed E-state index contributed by atoms with van der Waals surface area (Å²) in [5.74, 6) is 0.552. The molecule has 96 valence electrons. The van der Waals surface area contributed by atoms with Crippen molar-refractivity contribution in [1.29, 1.82) is 5.26 Å². The molecule has 0 saturated heterocycles. The number of nitrogens with zero attached hydrogens (tertiary/aromatic N) is 4. The summed E-state index contributed by atoms with van der Waals surface area (Å²) in [4.78, 5) is 14.4. The molecule has 8 nitrogen and oxygen atoms in total. The van der Waals surface area contributed by atoms with Gasteiger partial charge < -0.3 is 5.32 Å². The Morgan fingerprint density at radius 2 is 2.37 bits per heavy atom. The van der Waals surface area contributed by atoms with Gasteiger partial charge in [-0.25, -0.2) is 4.98 Å². The Hall–Kier alpha value is -2.95. The molecule has 1 heterocycles. The van der Waals surface area contributed by atoms with Crippen LogP contribution in [0.4, 0.5) is 11.4 Å². The molecule has 2 N–H and O–H groups in total. The van der Waals surface area contributed by atoms with Crippen LogP contribution in [0.2, 0.25) is 0 Å². The van der Waals surface area contributed by atoms with Crippen LogP contribution in [0.15, 0.2) is 24.5 Å². The molecule has 0 amide bonds. The van der Waals surface area contributed by atoms with E-state index in [-0.39, 0.29) is 17.4 Å². The van der Waals surface area contributed by atoms with Crippen LogP contribution in [0, 0.1) is 21.4 Å². The molecule has 0 aliphatic rings. The van der Waals surface area contributed by atoms with E-state index in [1.807, 2.05) is 6.07 Å². The van der Waals surface area contributed by atoms with Crippen molar-refractivity contribution in [2.45, 2.75) is 13.0 Å². The molecular formula is C11H10N6O2. The summed E-state index contributed by atoms with van der Waals surface area (Å²) in [6.07, 6.45) is 1.35. The molecule has 1 atom stereocenters. The largest absolute Gasteiger partial charge is 0.370 e. The molecule has 0 fully saturated rings. The first kappa shape index (κ1) is 12.5. The molecule has 2 aromatic rings. The number of nitro groups is 1. The first-order valence-electron chi connectivity index (χ1n) is 5.42. The fraction of sp³-hybridized carbons (Fsp3) is 0.182. The van der Waals surface area contributed by atoms with Crippen LogP contribution in [0.25, 0.3) is 0 Å². The summed E-state index contributed by atoms with van der Waals surface area (Å²) >= 11 is 0. The fourth-order valence-corrected chi connectivity index (χ4v) is 1.61. The maximum atomic E-state index is 10.9. The van der Waals surface area contributed by atoms with E-state index in [0.717, 1.165) is 0 Å². The average Bonchev–Trinajstić information content (AvgIpc) is 2.92. The lowest BCUT2D eigenvalue weighted by atomic mass is 10.1. The molecule has 1 aromatic heterocycles. The number of rotatable bonds is 4. The molecule has 0 aliphatic carbocycles. The lowest BCUT2D eigenvalue weighted by molar-refractivity contribution is -0.384. The van der Waals surface area contributed by atoms with Crippen molar-refractivity contribution in [3.63, 3.8) is 0 Å². The standard InChI is InChI=1S/C11H10N6O2/c1-7(11-13-6-14-16-11)15-9-4-8(5-12)2-3-10(9)17(18)19/h2-4,6-7,15H,1H3,(H,13,14,16). The molecule has 19 heavy (non-hydrogen) atoms. The van der Waals surface area contributed by atoms with E-state index in [1.54, 1.807) is 6.92 Å². The van der Waals surface area contributed by atoms with Crippen LogP contribution in [-0.2, 0) is 0 Å². The van der Waals surface area contributed by atoms with Gasteiger partial charge in [0.05, 0.1) is 22.6 Å². The van der Waals surface area contributed by atoms with Crippen molar-refractivity contribution in [1.82, 2.24) is 15.2 Å². The number of nitriles is 1.